The first kappa shape index (κ1) is 15.3. The molecule has 0 radical (unpaired) electrons. The molecular weight excluding hydrogens is 291 g/mol. The molecule has 0 saturated heterocycles. The molecule has 0 aliphatic carbocycles. The van der Waals surface area contributed by atoms with Gasteiger partial charge in [-0.1, -0.05) is 12.1 Å². The smallest absolute Gasteiger partial charge is 0.123 e. The molecule has 4 nitrogen and oxygen atoms in total. The summed E-state index contributed by atoms with van der Waals surface area (Å²) in [4.78, 5) is 13.2. The van der Waals surface area contributed by atoms with Crippen molar-refractivity contribution in [3.05, 3.63) is 60.2 Å². The Morgan fingerprint density at radius 3 is 2.87 bits per heavy atom. The molecule has 118 valence electrons. The average Bonchev–Trinajstić information content (AvgIpc) is 2.60. The normalized spacial score (nSPS) is 16.2. The van der Waals surface area contributed by atoms with Crippen molar-refractivity contribution in [2.45, 2.75) is 12.8 Å². The van der Waals surface area contributed by atoms with E-state index in [-0.39, 0.29) is 5.82 Å². The molecule has 1 aliphatic heterocycles. The maximum Gasteiger partial charge on any atom is 0.123 e. The Morgan fingerprint density at radius 2 is 2.04 bits per heavy atom. The molecule has 0 saturated carbocycles. The number of rotatable bonds is 5. The Labute approximate surface area is 135 Å². The standard InChI is InChI=1S/C18H19FN4/c19-15-4-1-3-14(13-15)18-17(5-2-8-23-18)22-12-11-21-16-6-9-20-10-7-16/h1,3-4,6-7,9-10,13H,2,5,8,11-12H2,(H,20,21). The van der Waals surface area contributed by atoms with Gasteiger partial charge in [0.2, 0.25) is 0 Å². The second kappa shape index (κ2) is 7.63. The number of benzene rings is 1. The summed E-state index contributed by atoms with van der Waals surface area (Å²) < 4.78 is 13.4. The molecule has 5 heteroatoms. The van der Waals surface area contributed by atoms with Crippen molar-refractivity contribution in [1.29, 1.82) is 0 Å². The van der Waals surface area contributed by atoms with Crippen molar-refractivity contribution in [3.63, 3.8) is 0 Å². The number of aliphatic imine (C=N–C) groups is 2. The summed E-state index contributed by atoms with van der Waals surface area (Å²) in [7, 11) is 0. The second-order valence-electron chi connectivity index (χ2n) is 5.34. The van der Waals surface area contributed by atoms with Crippen LogP contribution in [0.1, 0.15) is 18.4 Å². The van der Waals surface area contributed by atoms with Gasteiger partial charge in [0.15, 0.2) is 0 Å². The fraction of sp³-hybridized carbons (Fsp3) is 0.278. The number of hydrogen-bond acceptors (Lipinski definition) is 4. The molecule has 1 aromatic carbocycles. The predicted octanol–water partition coefficient (Wildman–Crippen LogP) is 3.36. The number of anilines is 1. The third-order valence-electron chi connectivity index (χ3n) is 3.64. The predicted molar refractivity (Wildman–Crippen MR) is 92.1 cm³/mol. The van der Waals surface area contributed by atoms with Gasteiger partial charge in [-0.2, -0.15) is 0 Å². The van der Waals surface area contributed by atoms with Gasteiger partial charge < -0.3 is 5.32 Å². The molecular formula is C18H19FN4. The Hall–Kier alpha value is -2.56. The Balaban J connectivity index is 1.65. The second-order valence-corrected chi connectivity index (χ2v) is 5.34. The Morgan fingerprint density at radius 1 is 1.17 bits per heavy atom. The topological polar surface area (TPSA) is 49.6 Å². The lowest BCUT2D eigenvalue weighted by Crippen LogP contribution is -2.22. The van der Waals surface area contributed by atoms with Crippen molar-refractivity contribution in [2.75, 3.05) is 25.0 Å². The molecule has 0 fully saturated rings. The zero-order chi connectivity index (χ0) is 15.9. The summed E-state index contributed by atoms with van der Waals surface area (Å²) in [5.41, 5.74) is 3.64. The van der Waals surface area contributed by atoms with E-state index in [1.165, 1.54) is 12.1 Å². The molecule has 23 heavy (non-hydrogen) atoms. The van der Waals surface area contributed by atoms with Crippen molar-refractivity contribution >= 4 is 17.1 Å². The lowest BCUT2D eigenvalue weighted by atomic mass is 9.99. The number of nitrogens with zero attached hydrogens (tertiary/aromatic N) is 3. The van der Waals surface area contributed by atoms with E-state index >= 15 is 0 Å². The molecule has 2 heterocycles. The van der Waals surface area contributed by atoms with Gasteiger partial charge in [0.05, 0.1) is 18.0 Å². The van der Waals surface area contributed by atoms with Crippen LogP contribution in [0.25, 0.3) is 0 Å². The van der Waals surface area contributed by atoms with E-state index in [9.17, 15) is 4.39 Å². The summed E-state index contributed by atoms with van der Waals surface area (Å²) in [6, 6.07) is 10.4. The summed E-state index contributed by atoms with van der Waals surface area (Å²) in [5.74, 6) is -0.241. The van der Waals surface area contributed by atoms with E-state index in [1.807, 2.05) is 18.2 Å². The molecule has 0 atom stereocenters. The monoisotopic (exact) mass is 310 g/mol. The van der Waals surface area contributed by atoms with E-state index in [2.05, 4.69) is 20.3 Å². The van der Waals surface area contributed by atoms with Crippen LogP contribution in [0.3, 0.4) is 0 Å². The van der Waals surface area contributed by atoms with Crippen LogP contribution in [0.15, 0.2) is 58.8 Å². The largest absolute Gasteiger partial charge is 0.383 e. The van der Waals surface area contributed by atoms with Crippen LogP contribution in [0.4, 0.5) is 10.1 Å². The summed E-state index contributed by atoms with van der Waals surface area (Å²) in [6.45, 7) is 2.18. The number of pyridine rings is 1. The van der Waals surface area contributed by atoms with Gasteiger partial charge in [-0.15, -0.1) is 0 Å². The molecule has 1 aliphatic rings. The van der Waals surface area contributed by atoms with E-state index in [4.69, 9.17) is 0 Å². The number of hydrogen-bond donors (Lipinski definition) is 1. The van der Waals surface area contributed by atoms with Crippen molar-refractivity contribution < 1.29 is 4.39 Å². The van der Waals surface area contributed by atoms with Gasteiger partial charge in [-0.25, -0.2) is 4.39 Å². The molecule has 1 aromatic heterocycles. The minimum Gasteiger partial charge on any atom is -0.383 e. The molecule has 0 bridgehead atoms. The Kier molecular flexibility index (Phi) is 5.09. The molecule has 0 amide bonds. The highest BCUT2D eigenvalue weighted by atomic mass is 19.1. The summed E-state index contributed by atoms with van der Waals surface area (Å²) in [6.07, 6.45) is 5.40. The molecule has 0 unspecified atom stereocenters. The van der Waals surface area contributed by atoms with Crippen LogP contribution < -0.4 is 5.32 Å². The summed E-state index contributed by atoms with van der Waals surface area (Å²) in [5, 5.41) is 3.30. The lowest BCUT2D eigenvalue weighted by molar-refractivity contribution is 0.627. The van der Waals surface area contributed by atoms with Crippen LogP contribution in [0.5, 0.6) is 0 Å². The van der Waals surface area contributed by atoms with Gasteiger partial charge in [0, 0.05) is 36.7 Å². The van der Waals surface area contributed by atoms with E-state index < -0.39 is 0 Å². The minimum atomic E-state index is -0.241. The van der Waals surface area contributed by atoms with Gasteiger partial charge in [-0.3, -0.25) is 15.0 Å². The summed E-state index contributed by atoms with van der Waals surface area (Å²) >= 11 is 0. The Bertz CT molecular complexity index is 710. The maximum atomic E-state index is 13.4. The van der Waals surface area contributed by atoms with Crippen molar-refractivity contribution in [3.8, 4) is 0 Å². The van der Waals surface area contributed by atoms with Crippen LogP contribution in [0.2, 0.25) is 0 Å². The maximum absolute atomic E-state index is 13.4. The minimum absolute atomic E-state index is 0.241. The highest BCUT2D eigenvalue weighted by Crippen LogP contribution is 2.13. The first-order chi connectivity index (χ1) is 11.3. The van der Waals surface area contributed by atoms with E-state index in [1.54, 1.807) is 18.5 Å². The SMILES string of the molecule is Fc1cccc(C2=NCCCC2=NCCNc2ccncc2)c1. The number of nitrogens with one attached hydrogen (secondary N) is 1. The first-order valence-corrected chi connectivity index (χ1v) is 7.81. The number of halogens is 1. The fourth-order valence-corrected chi connectivity index (χ4v) is 2.56. The highest BCUT2D eigenvalue weighted by molar-refractivity contribution is 6.48. The molecule has 1 N–H and O–H groups in total. The van der Waals surface area contributed by atoms with Crippen LogP contribution >= 0.6 is 0 Å². The van der Waals surface area contributed by atoms with Gasteiger partial charge in [0.1, 0.15) is 5.82 Å². The van der Waals surface area contributed by atoms with Crippen molar-refractivity contribution in [2.24, 2.45) is 9.98 Å². The zero-order valence-corrected chi connectivity index (χ0v) is 12.9. The zero-order valence-electron chi connectivity index (χ0n) is 12.9. The van der Waals surface area contributed by atoms with Gasteiger partial charge >= 0.3 is 0 Å². The molecule has 0 spiro atoms. The van der Waals surface area contributed by atoms with Crippen LogP contribution in [0, 0.1) is 5.82 Å². The lowest BCUT2D eigenvalue weighted by Gasteiger charge is -2.15. The number of aromatic nitrogens is 1. The van der Waals surface area contributed by atoms with Crippen LogP contribution in [-0.4, -0.2) is 36.0 Å². The van der Waals surface area contributed by atoms with Gasteiger partial charge in [-0.05, 0) is 37.1 Å². The molecule has 2 aromatic rings. The first-order valence-electron chi connectivity index (χ1n) is 7.81. The average molecular weight is 310 g/mol. The highest BCUT2D eigenvalue weighted by Gasteiger charge is 2.15. The third-order valence-corrected chi connectivity index (χ3v) is 3.64. The molecule has 3 rings (SSSR count). The van der Waals surface area contributed by atoms with Crippen molar-refractivity contribution in [1.82, 2.24) is 4.98 Å². The van der Waals surface area contributed by atoms with E-state index in [0.29, 0.717) is 6.54 Å². The van der Waals surface area contributed by atoms with Gasteiger partial charge in [0.25, 0.3) is 0 Å². The van der Waals surface area contributed by atoms with Crippen LogP contribution in [-0.2, 0) is 0 Å². The fourth-order valence-electron chi connectivity index (χ4n) is 2.56. The third kappa shape index (κ3) is 4.22. The van der Waals surface area contributed by atoms with E-state index in [0.717, 1.165) is 48.6 Å². The quantitative estimate of drug-likeness (QED) is 0.861.